The van der Waals surface area contributed by atoms with Gasteiger partial charge >= 0.3 is 5.97 Å². The lowest BCUT2D eigenvalue weighted by Gasteiger charge is -2.28. The van der Waals surface area contributed by atoms with Crippen molar-refractivity contribution in [3.05, 3.63) is 68.5 Å². The van der Waals surface area contributed by atoms with Gasteiger partial charge in [-0.25, -0.2) is 9.78 Å². The Labute approximate surface area is 195 Å². The van der Waals surface area contributed by atoms with E-state index >= 15 is 0 Å². The summed E-state index contributed by atoms with van der Waals surface area (Å²) in [6.45, 7) is 6.60. The van der Waals surface area contributed by atoms with Crippen LogP contribution in [0.25, 0.3) is 22.4 Å². The molecule has 0 bridgehead atoms. The van der Waals surface area contributed by atoms with Gasteiger partial charge in [-0.05, 0) is 50.5 Å². The monoisotopic (exact) mass is 461 g/mol. The first kappa shape index (κ1) is 21.3. The Morgan fingerprint density at radius 3 is 2.70 bits per heavy atom. The van der Waals surface area contributed by atoms with Gasteiger partial charge in [-0.3, -0.25) is 4.79 Å². The van der Waals surface area contributed by atoms with E-state index in [1.54, 1.807) is 29.2 Å². The molecule has 0 N–H and O–H groups in total. The summed E-state index contributed by atoms with van der Waals surface area (Å²) >= 11 is 1.66. The van der Waals surface area contributed by atoms with Gasteiger partial charge in [0.2, 0.25) is 0 Å². The summed E-state index contributed by atoms with van der Waals surface area (Å²) in [7, 11) is 0. The highest BCUT2D eigenvalue weighted by Gasteiger charge is 2.24. The van der Waals surface area contributed by atoms with Gasteiger partial charge in [-0.1, -0.05) is 29.4 Å². The van der Waals surface area contributed by atoms with Crippen LogP contribution in [0.5, 0.6) is 0 Å². The number of aromatic nitrogens is 2. The zero-order chi connectivity index (χ0) is 23.1. The Bertz CT molecular complexity index is 1390. The van der Waals surface area contributed by atoms with Crippen molar-refractivity contribution in [2.45, 2.75) is 33.7 Å². The maximum atomic E-state index is 13.1. The number of fused-ring (bicyclic) bond motifs is 2. The molecule has 0 saturated carbocycles. The molecule has 4 aromatic rings. The zero-order valence-electron chi connectivity index (χ0n) is 18.7. The molecule has 1 aromatic carbocycles. The third kappa shape index (κ3) is 4.02. The molecule has 1 aliphatic heterocycles. The predicted octanol–water partition coefficient (Wildman–Crippen LogP) is 4.62. The first-order valence-electron chi connectivity index (χ1n) is 10.8. The molecule has 0 aliphatic carbocycles. The molecule has 4 heterocycles. The second-order valence-electron chi connectivity index (χ2n) is 8.24. The highest BCUT2D eigenvalue weighted by Crippen LogP contribution is 2.33. The molecule has 33 heavy (non-hydrogen) atoms. The fourth-order valence-electron chi connectivity index (χ4n) is 4.28. The maximum Gasteiger partial charge on any atom is 0.339 e. The van der Waals surface area contributed by atoms with Crippen LogP contribution in [-0.4, -0.2) is 40.1 Å². The van der Waals surface area contributed by atoms with Crippen LogP contribution < -0.4 is 0 Å². The molecule has 0 saturated heterocycles. The molecule has 0 unspecified atom stereocenters. The van der Waals surface area contributed by atoms with Crippen molar-refractivity contribution in [3.63, 3.8) is 0 Å². The highest BCUT2D eigenvalue weighted by molar-refractivity contribution is 7.12. The number of carbonyl (C=O) groups excluding carboxylic acids is 2. The molecule has 0 radical (unpaired) electrons. The number of aryl methyl sites for hydroxylation is 3. The summed E-state index contributed by atoms with van der Waals surface area (Å²) in [4.78, 5) is 34.4. The quantitative estimate of drug-likeness (QED) is 0.412. The van der Waals surface area contributed by atoms with Gasteiger partial charge in [-0.15, -0.1) is 11.3 Å². The summed E-state index contributed by atoms with van der Waals surface area (Å²) < 4.78 is 10.8. The number of nitrogens with zero attached hydrogens (tertiary/aromatic N) is 3. The number of benzene rings is 1. The largest absolute Gasteiger partial charge is 0.452 e. The molecule has 168 valence electrons. The van der Waals surface area contributed by atoms with E-state index in [2.05, 4.69) is 16.2 Å². The van der Waals surface area contributed by atoms with Gasteiger partial charge in [0.1, 0.15) is 0 Å². The summed E-state index contributed by atoms with van der Waals surface area (Å²) in [5.74, 6) is -0.806. The van der Waals surface area contributed by atoms with Gasteiger partial charge in [0.25, 0.3) is 11.6 Å². The smallest absolute Gasteiger partial charge is 0.339 e. The third-order valence-corrected chi connectivity index (χ3v) is 6.93. The molecule has 1 aliphatic rings. The second-order valence-corrected chi connectivity index (χ2v) is 9.70. The van der Waals surface area contributed by atoms with Crippen LogP contribution in [0.1, 0.15) is 36.9 Å². The van der Waals surface area contributed by atoms with E-state index in [1.807, 2.05) is 38.1 Å². The van der Waals surface area contributed by atoms with Crippen molar-refractivity contribution < 1.29 is 18.8 Å². The van der Waals surface area contributed by atoms with Crippen LogP contribution in [0.2, 0.25) is 0 Å². The van der Waals surface area contributed by atoms with Gasteiger partial charge in [0, 0.05) is 28.4 Å². The number of carbonyl (C=O) groups is 2. The standard InChI is InChI=1S/C25H23N3O4S/c1-14-10-19(16(3)33-14)21-11-20(23-15(2)27-32-24(23)26-21)25(30)31-13-22(29)28-9-8-17-6-4-5-7-18(17)12-28/h4-7,10-11H,8-9,12-13H2,1-3H3. The normalized spacial score (nSPS) is 13.2. The average Bonchev–Trinajstić information content (AvgIpc) is 3.37. The molecule has 0 atom stereocenters. The van der Waals surface area contributed by atoms with Crippen molar-refractivity contribution in [2.24, 2.45) is 0 Å². The SMILES string of the molecule is Cc1cc(-c2cc(C(=O)OCC(=O)N3CCc4ccccc4C3)c3c(C)noc3n2)c(C)s1. The van der Waals surface area contributed by atoms with Crippen molar-refractivity contribution in [3.8, 4) is 11.3 Å². The van der Waals surface area contributed by atoms with Crippen LogP contribution in [0.4, 0.5) is 0 Å². The Morgan fingerprint density at radius 2 is 1.94 bits per heavy atom. The molecule has 8 heteroatoms. The lowest BCUT2D eigenvalue weighted by atomic mass is 10.00. The number of hydrogen-bond donors (Lipinski definition) is 0. The van der Waals surface area contributed by atoms with Crippen LogP contribution >= 0.6 is 11.3 Å². The Hall–Kier alpha value is -3.52. The first-order valence-corrected chi connectivity index (χ1v) is 11.6. The van der Waals surface area contributed by atoms with Crippen molar-refractivity contribution in [1.29, 1.82) is 0 Å². The van der Waals surface area contributed by atoms with Crippen LogP contribution in [-0.2, 0) is 22.5 Å². The summed E-state index contributed by atoms with van der Waals surface area (Å²) in [5.41, 5.74) is 5.07. The summed E-state index contributed by atoms with van der Waals surface area (Å²) in [5, 5.41) is 4.48. The lowest BCUT2D eigenvalue weighted by Crippen LogP contribution is -2.38. The van der Waals surface area contributed by atoms with Gasteiger partial charge in [0.15, 0.2) is 6.61 Å². The molecule has 1 amide bonds. The van der Waals surface area contributed by atoms with E-state index in [0.29, 0.717) is 35.4 Å². The van der Waals surface area contributed by atoms with Crippen LogP contribution in [0.15, 0.2) is 40.9 Å². The molecule has 0 spiro atoms. The van der Waals surface area contributed by atoms with E-state index in [9.17, 15) is 9.59 Å². The minimum Gasteiger partial charge on any atom is -0.452 e. The minimum absolute atomic E-state index is 0.213. The fourth-order valence-corrected chi connectivity index (χ4v) is 5.22. The number of hydrogen-bond acceptors (Lipinski definition) is 7. The first-order chi connectivity index (χ1) is 15.9. The van der Waals surface area contributed by atoms with E-state index in [4.69, 9.17) is 9.26 Å². The number of rotatable bonds is 4. The van der Waals surface area contributed by atoms with Crippen molar-refractivity contribution >= 4 is 34.3 Å². The lowest BCUT2D eigenvalue weighted by molar-refractivity contribution is -0.135. The Balaban J connectivity index is 1.37. The zero-order valence-corrected chi connectivity index (χ0v) is 19.5. The Kier molecular flexibility index (Phi) is 5.46. The van der Waals surface area contributed by atoms with Gasteiger partial charge in [0.05, 0.1) is 22.3 Å². The minimum atomic E-state index is -0.592. The number of pyridine rings is 1. The maximum absolute atomic E-state index is 13.1. The molecule has 7 nitrogen and oxygen atoms in total. The second kappa shape index (κ2) is 8.44. The fraction of sp³-hybridized carbons (Fsp3) is 0.280. The highest BCUT2D eigenvalue weighted by atomic mass is 32.1. The average molecular weight is 462 g/mol. The molecular formula is C25H23N3O4S. The number of amides is 1. The van der Waals surface area contributed by atoms with Gasteiger partial charge < -0.3 is 14.2 Å². The van der Waals surface area contributed by atoms with Gasteiger partial charge in [-0.2, -0.15) is 0 Å². The molecular weight excluding hydrogens is 438 g/mol. The van der Waals surface area contributed by atoms with E-state index < -0.39 is 5.97 Å². The predicted molar refractivity (Wildman–Crippen MR) is 125 cm³/mol. The summed E-state index contributed by atoms with van der Waals surface area (Å²) in [6, 6.07) is 11.8. The van der Waals surface area contributed by atoms with Crippen LogP contribution in [0.3, 0.4) is 0 Å². The van der Waals surface area contributed by atoms with E-state index in [0.717, 1.165) is 27.3 Å². The summed E-state index contributed by atoms with van der Waals surface area (Å²) in [6.07, 6.45) is 0.795. The number of thiophene rings is 1. The molecule has 0 fully saturated rings. The van der Waals surface area contributed by atoms with Crippen molar-refractivity contribution in [1.82, 2.24) is 15.0 Å². The van der Waals surface area contributed by atoms with Crippen molar-refractivity contribution in [2.75, 3.05) is 13.2 Å². The Morgan fingerprint density at radius 1 is 1.15 bits per heavy atom. The number of ether oxygens (including phenoxy) is 1. The topological polar surface area (TPSA) is 85.5 Å². The van der Waals surface area contributed by atoms with Crippen LogP contribution in [0, 0.1) is 20.8 Å². The molecule has 5 rings (SSSR count). The van der Waals surface area contributed by atoms with E-state index in [-0.39, 0.29) is 18.2 Å². The number of esters is 1. The van der Waals surface area contributed by atoms with E-state index in [1.165, 1.54) is 5.56 Å². The molecule has 3 aromatic heterocycles. The third-order valence-electron chi connectivity index (χ3n) is 5.96.